The molecule has 0 amide bonds. The number of rotatable bonds is 6. The summed E-state index contributed by atoms with van der Waals surface area (Å²) >= 11 is 0. The first kappa shape index (κ1) is 17.1. The molecule has 1 aromatic heterocycles. The maximum Gasteiger partial charge on any atom is 0.325 e. The third-order valence-electron chi connectivity index (χ3n) is 3.27. The number of carbonyl (C=O) groups is 1. The fourth-order valence-corrected chi connectivity index (χ4v) is 3.65. The number of benzene rings is 1. The normalized spacial score (nSPS) is 12.8. The van der Waals surface area contributed by atoms with Crippen LogP contribution < -0.4 is 0 Å². The highest BCUT2D eigenvalue weighted by Crippen LogP contribution is 2.20. The third-order valence-corrected chi connectivity index (χ3v) is 5.24. The molecular formula is C15H17FN2O4S. The second kappa shape index (κ2) is 6.91. The molecule has 0 radical (unpaired) electrons. The van der Waals surface area contributed by atoms with Crippen molar-refractivity contribution >= 4 is 15.8 Å². The van der Waals surface area contributed by atoms with Gasteiger partial charge in [0.15, 0.2) is 15.1 Å². The number of esters is 1. The lowest BCUT2D eigenvalue weighted by molar-refractivity contribution is -0.142. The van der Waals surface area contributed by atoms with Crippen molar-refractivity contribution in [1.29, 1.82) is 0 Å². The molecule has 0 aliphatic rings. The zero-order valence-electron chi connectivity index (χ0n) is 12.8. The molecule has 0 bridgehead atoms. The van der Waals surface area contributed by atoms with Gasteiger partial charge in [-0.05, 0) is 24.6 Å². The van der Waals surface area contributed by atoms with E-state index in [1.54, 1.807) is 14.0 Å². The summed E-state index contributed by atoms with van der Waals surface area (Å²) in [5, 5.41) is 2.42. The lowest BCUT2D eigenvalue weighted by Gasteiger charge is -2.15. The highest BCUT2D eigenvalue weighted by atomic mass is 32.2. The van der Waals surface area contributed by atoms with E-state index in [0.29, 0.717) is 5.56 Å². The Labute approximate surface area is 133 Å². The van der Waals surface area contributed by atoms with Crippen molar-refractivity contribution in [1.82, 2.24) is 9.78 Å². The van der Waals surface area contributed by atoms with Crippen molar-refractivity contribution in [3.05, 3.63) is 48.0 Å². The Bertz CT molecular complexity index is 784. The van der Waals surface area contributed by atoms with E-state index in [1.165, 1.54) is 41.3 Å². The molecule has 1 atom stereocenters. The predicted molar refractivity (Wildman–Crippen MR) is 80.9 cm³/mol. The van der Waals surface area contributed by atoms with Gasteiger partial charge in [-0.15, -0.1) is 0 Å². The predicted octanol–water partition coefficient (Wildman–Crippen LogP) is 1.51. The van der Waals surface area contributed by atoms with Crippen molar-refractivity contribution in [2.24, 2.45) is 7.05 Å². The van der Waals surface area contributed by atoms with Crippen LogP contribution in [0.1, 0.15) is 12.5 Å². The van der Waals surface area contributed by atoms with E-state index in [0.717, 1.165) is 0 Å². The maximum absolute atomic E-state index is 13.0. The van der Waals surface area contributed by atoms with Crippen molar-refractivity contribution in [2.75, 3.05) is 6.61 Å². The van der Waals surface area contributed by atoms with Crippen molar-refractivity contribution < 1.29 is 22.3 Å². The van der Waals surface area contributed by atoms with Crippen LogP contribution in [0.15, 0.2) is 41.6 Å². The van der Waals surface area contributed by atoms with Gasteiger partial charge in [-0.2, -0.15) is 5.10 Å². The molecule has 124 valence electrons. The summed E-state index contributed by atoms with van der Waals surface area (Å²) in [6, 6.07) is 5.32. The molecule has 0 aliphatic heterocycles. The Morgan fingerprint density at radius 2 is 2.00 bits per heavy atom. The summed E-state index contributed by atoms with van der Waals surface area (Å²) in [5.74, 6) is -1.27. The Morgan fingerprint density at radius 3 is 2.52 bits per heavy atom. The number of hydrogen-bond donors (Lipinski definition) is 0. The smallest absolute Gasteiger partial charge is 0.325 e. The lowest BCUT2D eigenvalue weighted by Crippen LogP contribution is -2.34. The summed E-state index contributed by atoms with van der Waals surface area (Å²) in [6.45, 7) is 1.67. The van der Waals surface area contributed by atoms with Gasteiger partial charge >= 0.3 is 5.97 Å². The molecule has 1 unspecified atom stereocenters. The van der Waals surface area contributed by atoms with E-state index in [-0.39, 0.29) is 17.9 Å². The molecule has 2 aromatic rings. The van der Waals surface area contributed by atoms with Gasteiger partial charge < -0.3 is 4.74 Å². The van der Waals surface area contributed by atoms with Crippen LogP contribution in [0, 0.1) is 5.82 Å². The minimum atomic E-state index is -3.96. The Hall–Kier alpha value is -2.22. The van der Waals surface area contributed by atoms with E-state index in [2.05, 4.69) is 5.10 Å². The Balaban J connectivity index is 2.37. The highest BCUT2D eigenvalue weighted by molar-refractivity contribution is 7.92. The maximum atomic E-state index is 13.0. The minimum Gasteiger partial charge on any atom is -0.465 e. The average molecular weight is 340 g/mol. The van der Waals surface area contributed by atoms with Crippen LogP contribution in [-0.4, -0.2) is 36.0 Å². The van der Waals surface area contributed by atoms with Crippen molar-refractivity contribution in [2.45, 2.75) is 23.5 Å². The molecule has 0 N–H and O–H groups in total. The monoisotopic (exact) mass is 340 g/mol. The quantitative estimate of drug-likeness (QED) is 0.745. The zero-order valence-corrected chi connectivity index (χ0v) is 13.6. The van der Waals surface area contributed by atoms with Crippen LogP contribution in [0.5, 0.6) is 0 Å². The van der Waals surface area contributed by atoms with Crippen molar-refractivity contribution in [3.8, 4) is 0 Å². The summed E-state index contributed by atoms with van der Waals surface area (Å²) < 4.78 is 44.6. The lowest BCUT2D eigenvalue weighted by atomic mass is 10.1. The second-order valence-corrected chi connectivity index (χ2v) is 7.10. The van der Waals surface area contributed by atoms with Crippen molar-refractivity contribution in [3.63, 3.8) is 0 Å². The molecule has 0 fully saturated rings. The van der Waals surface area contributed by atoms with E-state index in [4.69, 9.17) is 4.74 Å². The number of ether oxygens (including phenoxy) is 1. The molecule has 0 saturated heterocycles. The van der Waals surface area contributed by atoms with Gasteiger partial charge in [0, 0.05) is 19.7 Å². The molecule has 6 nitrogen and oxygen atoms in total. The van der Waals surface area contributed by atoms with Gasteiger partial charge in [0.1, 0.15) is 10.7 Å². The average Bonchev–Trinajstić information content (AvgIpc) is 2.94. The molecule has 23 heavy (non-hydrogen) atoms. The van der Waals surface area contributed by atoms with Gasteiger partial charge in [-0.1, -0.05) is 12.1 Å². The first-order valence-electron chi connectivity index (χ1n) is 6.98. The largest absolute Gasteiger partial charge is 0.465 e. The molecule has 2 rings (SSSR count). The summed E-state index contributed by atoms with van der Waals surface area (Å²) in [6.07, 6.45) is 2.41. The summed E-state index contributed by atoms with van der Waals surface area (Å²) in [5.41, 5.74) is 0.525. The number of carbonyl (C=O) groups excluding carboxylic acids is 1. The molecule has 1 heterocycles. The molecule has 0 spiro atoms. The minimum absolute atomic E-state index is 0.0554. The van der Waals surface area contributed by atoms with Crippen LogP contribution in [0.25, 0.3) is 0 Å². The Morgan fingerprint density at radius 1 is 1.35 bits per heavy atom. The molecule has 0 aliphatic carbocycles. The fraction of sp³-hybridized carbons (Fsp3) is 0.333. The topological polar surface area (TPSA) is 78.3 Å². The SMILES string of the molecule is CCOC(=O)C(Cc1ccc(F)cc1)S(=O)(=O)c1cnn(C)c1. The van der Waals surface area contributed by atoms with Gasteiger partial charge in [-0.3, -0.25) is 9.48 Å². The first-order valence-corrected chi connectivity index (χ1v) is 8.53. The highest BCUT2D eigenvalue weighted by Gasteiger charge is 2.36. The fourth-order valence-electron chi connectivity index (χ4n) is 2.10. The molecular weight excluding hydrogens is 323 g/mol. The van der Waals surface area contributed by atoms with Gasteiger partial charge in [0.05, 0.1) is 12.8 Å². The van der Waals surface area contributed by atoms with Crippen LogP contribution in [0.2, 0.25) is 0 Å². The third kappa shape index (κ3) is 3.95. The van der Waals surface area contributed by atoms with Crippen LogP contribution in [0.3, 0.4) is 0 Å². The summed E-state index contributed by atoms with van der Waals surface area (Å²) in [7, 11) is -2.38. The second-order valence-electron chi connectivity index (χ2n) is 4.97. The number of sulfone groups is 1. The van der Waals surface area contributed by atoms with Crippen LogP contribution in [0.4, 0.5) is 4.39 Å². The first-order chi connectivity index (χ1) is 10.8. The van der Waals surface area contributed by atoms with E-state index < -0.39 is 26.9 Å². The number of aryl methyl sites for hydroxylation is 1. The molecule has 1 aromatic carbocycles. The van der Waals surface area contributed by atoms with Crippen LogP contribution in [-0.2, 0) is 32.8 Å². The number of nitrogens with zero attached hydrogens (tertiary/aromatic N) is 2. The van der Waals surface area contributed by atoms with E-state index in [1.807, 2.05) is 0 Å². The van der Waals surface area contributed by atoms with E-state index in [9.17, 15) is 17.6 Å². The van der Waals surface area contributed by atoms with E-state index >= 15 is 0 Å². The zero-order chi connectivity index (χ0) is 17.0. The Kier molecular flexibility index (Phi) is 5.15. The molecule has 8 heteroatoms. The van der Waals surface area contributed by atoms with Crippen LogP contribution >= 0.6 is 0 Å². The van der Waals surface area contributed by atoms with Gasteiger partial charge in [0.2, 0.25) is 0 Å². The molecule has 0 saturated carbocycles. The van der Waals surface area contributed by atoms with Gasteiger partial charge in [0.25, 0.3) is 0 Å². The van der Waals surface area contributed by atoms with Gasteiger partial charge in [-0.25, -0.2) is 12.8 Å². The number of hydrogen-bond acceptors (Lipinski definition) is 5. The summed E-state index contributed by atoms with van der Waals surface area (Å²) in [4.78, 5) is 12.1. The standard InChI is InChI=1S/C15H17FN2O4S/c1-3-22-15(19)14(8-11-4-6-12(16)7-5-11)23(20,21)13-9-17-18(2)10-13/h4-7,9-10,14H,3,8H2,1-2H3. The number of aromatic nitrogens is 2. The number of halogens is 1.